The van der Waals surface area contributed by atoms with E-state index in [1.165, 1.54) is 0 Å². The maximum atomic E-state index is 11.1. The fourth-order valence-electron chi connectivity index (χ4n) is 1.93. The van der Waals surface area contributed by atoms with Gasteiger partial charge in [-0.25, -0.2) is 9.78 Å². The molecule has 7 nitrogen and oxygen atoms in total. The molecule has 0 atom stereocenters. The Hall–Kier alpha value is -2.18. The van der Waals surface area contributed by atoms with Crippen LogP contribution >= 0.6 is 0 Å². The van der Waals surface area contributed by atoms with Crippen molar-refractivity contribution in [1.29, 1.82) is 0 Å². The molecule has 7 heteroatoms. The Labute approximate surface area is 103 Å². The molecule has 1 saturated carbocycles. The molecule has 2 rings (SSSR count). The van der Waals surface area contributed by atoms with Gasteiger partial charge in [-0.1, -0.05) is 0 Å². The van der Waals surface area contributed by atoms with Gasteiger partial charge in [0.05, 0.1) is 4.92 Å². The van der Waals surface area contributed by atoms with Gasteiger partial charge in [-0.2, -0.15) is 0 Å². The minimum absolute atomic E-state index is 0.159. The minimum atomic E-state index is -1.23. The molecule has 2 N–H and O–H groups in total. The summed E-state index contributed by atoms with van der Waals surface area (Å²) in [4.78, 5) is 24.9. The first-order valence-electron chi connectivity index (χ1n) is 5.57. The van der Waals surface area contributed by atoms with Crippen molar-refractivity contribution in [1.82, 2.24) is 4.98 Å². The van der Waals surface area contributed by atoms with E-state index in [2.05, 4.69) is 10.3 Å². The molecule has 1 heterocycles. The van der Waals surface area contributed by atoms with Gasteiger partial charge >= 0.3 is 5.97 Å². The van der Waals surface area contributed by atoms with Gasteiger partial charge in [0, 0.05) is 11.6 Å². The fourth-order valence-corrected chi connectivity index (χ4v) is 1.93. The summed E-state index contributed by atoms with van der Waals surface area (Å²) in [5.74, 6) is -1.04. The molecule has 96 valence electrons. The summed E-state index contributed by atoms with van der Waals surface area (Å²) < 4.78 is 0. The number of pyridine rings is 1. The summed E-state index contributed by atoms with van der Waals surface area (Å²) >= 11 is 0. The van der Waals surface area contributed by atoms with E-state index in [9.17, 15) is 14.9 Å². The number of aromatic carboxylic acids is 1. The summed E-state index contributed by atoms with van der Waals surface area (Å²) in [5.41, 5.74) is -0.651. The van der Waals surface area contributed by atoms with E-state index in [4.69, 9.17) is 5.11 Å². The lowest BCUT2D eigenvalue weighted by molar-refractivity contribution is -0.385. The van der Waals surface area contributed by atoms with Crippen molar-refractivity contribution in [2.75, 3.05) is 5.32 Å². The van der Waals surface area contributed by atoms with Crippen LogP contribution in [0.1, 0.15) is 36.5 Å². The molecule has 0 aromatic carbocycles. The highest BCUT2D eigenvalue weighted by Crippen LogP contribution is 2.35. The van der Waals surface area contributed by atoms with E-state index < -0.39 is 10.9 Å². The second-order valence-corrected chi connectivity index (χ2v) is 4.69. The number of aromatic nitrogens is 1. The molecule has 0 unspecified atom stereocenters. The number of hydrogen-bond acceptors (Lipinski definition) is 5. The van der Waals surface area contributed by atoms with Crippen LogP contribution in [0.4, 0.5) is 11.5 Å². The highest BCUT2D eigenvalue weighted by atomic mass is 16.6. The second kappa shape index (κ2) is 4.25. The normalized spacial score (nSPS) is 16.7. The molecule has 18 heavy (non-hydrogen) atoms. The van der Waals surface area contributed by atoms with Crippen molar-refractivity contribution in [3.05, 3.63) is 27.9 Å². The standard InChI is InChI=1S/C11H13N3O4/c1-11(3-2-4-11)13-9-8(10(15)16)5-7(6-12-9)14(17)18/h5-6H,2-4H2,1H3,(H,12,13)(H,15,16). The molecular formula is C11H13N3O4. The van der Waals surface area contributed by atoms with Gasteiger partial charge in [-0.3, -0.25) is 10.1 Å². The Morgan fingerprint density at radius 2 is 2.28 bits per heavy atom. The van der Waals surface area contributed by atoms with Crippen molar-refractivity contribution in [3.63, 3.8) is 0 Å². The number of anilines is 1. The average molecular weight is 251 g/mol. The molecule has 0 aliphatic heterocycles. The largest absolute Gasteiger partial charge is 0.478 e. The predicted molar refractivity (Wildman–Crippen MR) is 63.7 cm³/mol. The number of carbonyl (C=O) groups is 1. The molecular weight excluding hydrogens is 238 g/mol. The van der Waals surface area contributed by atoms with Gasteiger partial charge in [0.2, 0.25) is 0 Å². The SMILES string of the molecule is CC1(Nc2ncc([N+](=O)[O-])cc2C(=O)O)CCC1. The van der Waals surface area contributed by atoms with E-state index in [-0.39, 0.29) is 22.6 Å². The van der Waals surface area contributed by atoms with Crippen molar-refractivity contribution >= 4 is 17.5 Å². The number of nitrogens with one attached hydrogen (secondary N) is 1. The third-order valence-electron chi connectivity index (χ3n) is 3.19. The number of carboxylic acid groups (broad SMARTS) is 1. The van der Waals surface area contributed by atoms with Gasteiger partial charge in [-0.05, 0) is 26.2 Å². The maximum Gasteiger partial charge on any atom is 0.339 e. The number of rotatable bonds is 4. The third-order valence-corrected chi connectivity index (χ3v) is 3.19. The third kappa shape index (κ3) is 2.24. The number of nitrogens with zero attached hydrogens (tertiary/aromatic N) is 2. The van der Waals surface area contributed by atoms with E-state index in [1.54, 1.807) is 0 Å². The smallest absolute Gasteiger partial charge is 0.339 e. The molecule has 0 bridgehead atoms. The first-order chi connectivity index (χ1) is 8.41. The zero-order valence-corrected chi connectivity index (χ0v) is 9.84. The van der Waals surface area contributed by atoms with Crippen LogP contribution < -0.4 is 5.32 Å². The van der Waals surface area contributed by atoms with Crippen molar-refractivity contribution in [2.24, 2.45) is 0 Å². The van der Waals surface area contributed by atoms with Crippen LogP contribution in [0.3, 0.4) is 0 Å². The average Bonchev–Trinajstić information content (AvgIpc) is 2.26. The van der Waals surface area contributed by atoms with E-state index in [0.29, 0.717) is 0 Å². The molecule has 0 radical (unpaired) electrons. The number of carboxylic acids is 1. The van der Waals surface area contributed by atoms with Crippen LogP contribution in [0.2, 0.25) is 0 Å². The predicted octanol–water partition coefficient (Wildman–Crippen LogP) is 2.04. The van der Waals surface area contributed by atoms with Crippen LogP contribution in [0.15, 0.2) is 12.3 Å². The molecule has 1 fully saturated rings. The van der Waals surface area contributed by atoms with Crippen LogP contribution in [0, 0.1) is 10.1 Å². The highest BCUT2D eigenvalue weighted by Gasteiger charge is 2.33. The molecule has 1 aliphatic rings. The summed E-state index contributed by atoms with van der Waals surface area (Å²) in [6.45, 7) is 1.98. The summed E-state index contributed by atoms with van der Waals surface area (Å²) in [5, 5.41) is 22.7. The van der Waals surface area contributed by atoms with E-state index in [0.717, 1.165) is 31.5 Å². The molecule has 1 aromatic heterocycles. The Bertz CT molecular complexity index is 511. The maximum absolute atomic E-state index is 11.1. The first kappa shape index (κ1) is 12.3. The van der Waals surface area contributed by atoms with Gasteiger partial charge in [0.1, 0.15) is 17.6 Å². The highest BCUT2D eigenvalue weighted by molar-refractivity contribution is 5.94. The molecule has 1 aromatic rings. The Morgan fingerprint density at radius 1 is 1.61 bits per heavy atom. The molecule has 0 spiro atoms. The molecule has 0 amide bonds. The van der Waals surface area contributed by atoms with Gasteiger partial charge in [0.15, 0.2) is 0 Å². The number of hydrogen-bond donors (Lipinski definition) is 2. The summed E-state index contributed by atoms with van der Waals surface area (Å²) in [6.07, 6.45) is 4.02. The van der Waals surface area contributed by atoms with Crippen molar-refractivity contribution < 1.29 is 14.8 Å². The van der Waals surface area contributed by atoms with Crippen molar-refractivity contribution in [3.8, 4) is 0 Å². The topological polar surface area (TPSA) is 105 Å². The monoisotopic (exact) mass is 251 g/mol. The van der Waals surface area contributed by atoms with Crippen LogP contribution in [0.25, 0.3) is 0 Å². The Kier molecular flexibility index (Phi) is 2.90. The van der Waals surface area contributed by atoms with E-state index in [1.807, 2.05) is 6.92 Å². The lowest BCUT2D eigenvalue weighted by atomic mass is 9.78. The minimum Gasteiger partial charge on any atom is -0.478 e. The number of nitro groups is 1. The van der Waals surface area contributed by atoms with Gasteiger partial charge in [-0.15, -0.1) is 0 Å². The Morgan fingerprint density at radius 3 is 2.72 bits per heavy atom. The summed E-state index contributed by atoms with van der Waals surface area (Å²) in [6, 6.07) is 1.03. The zero-order chi connectivity index (χ0) is 13.3. The zero-order valence-electron chi connectivity index (χ0n) is 9.84. The molecule has 1 aliphatic carbocycles. The Balaban J connectivity index is 2.34. The van der Waals surface area contributed by atoms with Crippen LogP contribution in [-0.4, -0.2) is 26.5 Å². The van der Waals surface area contributed by atoms with E-state index >= 15 is 0 Å². The summed E-state index contributed by atoms with van der Waals surface area (Å²) in [7, 11) is 0. The quantitative estimate of drug-likeness (QED) is 0.626. The second-order valence-electron chi connectivity index (χ2n) is 4.69. The lowest BCUT2D eigenvalue weighted by Gasteiger charge is -2.39. The van der Waals surface area contributed by atoms with Crippen LogP contribution in [-0.2, 0) is 0 Å². The van der Waals surface area contributed by atoms with Crippen molar-refractivity contribution in [2.45, 2.75) is 31.7 Å². The molecule has 0 saturated heterocycles. The first-order valence-corrected chi connectivity index (χ1v) is 5.57. The van der Waals surface area contributed by atoms with Crippen LogP contribution in [0.5, 0.6) is 0 Å². The van der Waals surface area contributed by atoms with Gasteiger partial charge in [0.25, 0.3) is 5.69 Å². The lowest BCUT2D eigenvalue weighted by Crippen LogP contribution is -2.42. The van der Waals surface area contributed by atoms with Gasteiger partial charge < -0.3 is 10.4 Å². The fraction of sp³-hybridized carbons (Fsp3) is 0.455.